The van der Waals surface area contributed by atoms with Gasteiger partial charge in [0.2, 0.25) is 0 Å². The normalized spacial score (nSPS) is 11.1. The summed E-state index contributed by atoms with van der Waals surface area (Å²) in [5.41, 5.74) is 2.87. The summed E-state index contributed by atoms with van der Waals surface area (Å²) in [4.78, 5) is 22.1. The molecule has 0 radical (unpaired) electrons. The molecule has 2 aromatic carbocycles. The van der Waals surface area contributed by atoms with Crippen molar-refractivity contribution in [2.45, 2.75) is 13.3 Å². The highest BCUT2D eigenvalue weighted by atomic mass is 32.1. The second kappa shape index (κ2) is 6.18. The maximum Gasteiger partial charge on any atom is 0.260 e. The van der Waals surface area contributed by atoms with E-state index >= 15 is 0 Å². The third kappa shape index (κ3) is 2.94. The molecular formula is C20H16N2O2S. The summed E-state index contributed by atoms with van der Waals surface area (Å²) in [6, 6.07) is 16.9. The minimum atomic E-state index is -0.109. The predicted molar refractivity (Wildman–Crippen MR) is 101 cm³/mol. The number of H-pyrrole nitrogens is 1. The number of aryl methyl sites for hydroxylation is 1. The number of hydrogen-bond donors (Lipinski definition) is 2. The van der Waals surface area contributed by atoms with Crippen molar-refractivity contribution >= 4 is 21.6 Å². The topological polar surface area (TPSA) is 66.0 Å². The Bertz CT molecular complexity index is 1100. The average molecular weight is 348 g/mol. The molecule has 4 nitrogen and oxygen atoms in total. The van der Waals surface area contributed by atoms with Gasteiger partial charge in [0.05, 0.1) is 5.39 Å². The highest BCUT2D eigenvalue weighted by molar-refractivity contribution is 7.19. The highest BCUT2D eigenvalue weighted by Crippen LogP contribution is 2.35. The van der Waals surface area contributed by atoms with Gasteiger partial charge in [0, 0.05) is 16.9 Å². The predicted octanol–water partition coefficient (Wildman–Crippen LogP) is 4.26. The molecule has 2 heterocycles. The maximum atomic E-state index is 12.7. The number of phenols is 1. The molecule has 0 aliphatic carbocycles. The molecule has 0 saturated heterocycles. The van der Waals surface area contributed by atoms with Crippen molar-refractivity contribution < 1.29 is 5.11 Å². The zero-order valence-electron chi connectivity index (χ0n) is 13.6. The first-order valence-corrected chi connectivity index (χ1v) is 8.79. The molecule has 2 N–H and O–H groups in total. The van der Waals surface area contributed by atoms with E-state index in [0.29, 0.717) is 17.6 Å². The van der Waals surface area contributed by atoms with Gasteiger partial charge in [-0.15, -0.1) is 11.3 Å². The van der Waals surface area contributed by atoms with E-state index in [2.05, 4.69) is 9.97 Å². The summed E-state index contributed by atoms with van der Waals surface area (Å²) < 4.78 is 0. The zero-order chi connectivity index (χ0) is 17.4. The standard InChI is InChI=1S/C20H16N2O2S/c1-12-17(14-5-3-2-4-6-14)18-19(24)21-16(22-20(18)25-12)11-13-7-9-15(23)10-8-13/h2-10,23H,11H2,1H3,(H,21,22,24). The zero-order valence-corrected chi connectivity index (χ0v) is 14.4. The summed E-state index contributed by atoms with van der Waals surface area (Å²) in [6.45, 7) is 2.02. The number of aromatic amines is 1. The molecule has 4 aromatic rings. The van der Waals surface area contributed by atoms with Gasteiger partial charge in [0.25, 0.3) is 5.56 Å². The van der Waals surface area contributed by atoms with Gasteiger partial charge in [0.15, 0.2) is 0 Å². The fraction of sp³-hybridized carbons (Fsp3) is 0.100. The first-order chi connectivity index (χ1) is 12.1. The largest absolute Gasteiger partial charge is 0.508 e. The van der Waals surface area contributed by atoms with Crippen LogP contribution in [-0.4, -0.2) is 15.1 Å². The van der Waals surface area contributed by atoms with Crippen LogP contribution < -0.4 is 5.56 Å². The van der Waals surface area contributed by atoms with Gasteiger partial charge in [-0.05, 0) is 30.2 Å². The van der Waals surface area contributed by atoms with Crippen molar-refractivity contribution in [2.24, 2.45) is 0 Å². The van der Waals surface area contributed by atoms with Gasteiger partial charge >= 0.3 is 0 Å². The summed E-state index contributed by atoms with van der Waals surface area (Å²) in [7, 11) is 0. The van der Waals surface area contributed by atoms with E-state index in [0.717, 1.165) is 26.4 Å². The van der Waals surface area contributed by atoms with E-state index in [-0.39, 0.29) is 11.3 Å². The minimum absolute atomic E-state index is 0.109. The second-order valence-corrected chi connectivity index (χ2v) is 7.14. The smallest absolute Gasteiger partial charge is 0.260 e. The Morgan fingerprint density at radius 2 is 1.80 bits per heavy atom. The number of phenolic OH excluding ortho intramolecular Hbond substituents is 1. The van der Waals surface area contributed by atoms with Crippen LogP contribution in [0.1, 0.15) is 16.3 Å². The quantitative estimate of drug-likeness (QED) is 0.581. The molecule has 0 spiro atoms. The van der Waals surface area contributed by atoms with Gasteiger partial charge < -0.3 is 10.1 Å². The van der Waals surface area contributed by atoms with Crippen molar-refractivity contribution in [1.82, 2.24) is 9.97 Å². The molecule has 2 aromatic heterocycles. The lowest BCUT2D eigenvalue weighted by atomic mass is 10.0. The van der Waals surface area contributed by atoms with Crippen LogP contribution in [0.4, 0.5) is 0 Å². The van der Waals surface area contributed by atoms with Crippen LogP contribution in [0.25, 0.3) is 21.3 Å². The molecule has 0 amide bonds. The number of benzene rings is 2. The van der Waals surface area contributed by atoms with Gasteiger partial charge in [0.1, 0.15) is 16.4 Å². The van der Waals surface area contributed by atoms with Crippen molar-refractivity contribution in [3.05, 3.63) is 81.2 Å². The fourth-order valence-electron chi connectivity index (χ4n) is 3.01. The van der Waals surface area contributed by atoms with Gasteiger partial charge in [-0.1, -0.05) is 42.5 Å². The number of fused-ring (bicyclic) bond motifs is 1. The maximum absolute atomic E-state index is 12.7. The number of thiophene rings is 1. The van der Waals surface area contributed by atoms with E-state index < -0.39 is 0 Å². The number of aromatic nitrogens is 2. The lowest BCUT2D eigenvalue weighted by Crippen LogP contribution is -2.11. The van der Waals surface area contributed by atoms with Gasteiger partial charge in [-0.3, -0.25) is 4.79 Å². The van der Waals surface area contributed by atoms with E-state index in [1.54, 1.807) is 23.5 Å². The Labute approximate surface area is 148 Å². The molecule has 0 atom stereocenters. The first kappa shape index (κ1) is 15.6. The number of hydrogen-bond acceptors (Lipinski definition) is 4. The van der Waals surface area contributed by atoms with Crippen molar-refractivity contribution in [2.75, 3.05) is 0 Å². The SMILES string of the molecule is Cc1sc2nc(Cc3ccc(O)cc3)[nH]c(=O)c2c1-c1ccccc1. The first-order valence-electron chi connectivity index (χ1n) is 7.97. The summed E-state index contributed by atoms with van der Waals surface area (Å²) in [5.74, 6) is 0.853. The van der Waals surface area contributed by atoms with Crippen LogP contribution in [0.15, 0.2) is 59.4 Å². The Hall–Kier alpha value is -2.92. The van der Waals surface area contributed by atoms with Crippen LogP contribution in [0.2, 0.25) is 0 Å². The van der Waals surface area contributed by atoms with Crippen molar-refractivity contribution in [3.8, 4) is 16.9 Å². The Balaban J connectivity index is 1.81. The molecule has 0 bridgehead atoms. The van der Waals surface area contributed by atoms with Gasteiger partial charge in [-0.2, -0.15) is 0 Å². The number of nitrogens with one attached hydrogen (secondary N) is 1. The number of nitrogens with zero attached hydrogens (tertiary/aromatic N) is 1. The minimum Gasteiger partial charge on any atom is -0.508 e. The fourth-order valence-corrected chi connectivity index (χ4v) is 4.07. The van der Waals surface area contributed by atoms with Crippen LogP contribution in [-0.2, 0) is 6.42 Å². The Morgan fingerprint density at radius 1 is 1.08 bits per heavy atom. The lowest BCUT2D eigenvalue weighted by molar-refractivity contribution is 0.475. The Kier molecular flexibility index (Phi) is 3.86. The molecule has 4 rings (SSSR count). The summed E-state index contributed by atoms with van der Waals surface area (Å²) in [6.07, 6.45) is 0.517. The van der Waals surface area contributed by atoms with Crippen LogP contribution in [0, 0.1) is 6.92 Å². The third-order valence-corrected chi connectivity index (χ3v) is 5.16. The molecule has 0 saturated carbocycles. The van der Waals surface area contributed by atoms with E-state index in [9.17, 15) is 9.90 Å². The van der Waals surface area contributed by atoms with E-state index in [1.807, 2.05) is 49.4 Å². The monoisotopic (exact) mass is 348 g/mol. The molecule has 124 valence electrons. The van der Waals surface area contributed by atoms with Gasteiger partial charge in [-0.25, -0.2) is 4.98 Å². The van der Waals surface area contributed by atoms with Crippen LogP contribution in [0.3, 0.4) is 0 Å². The third-order valence-electron chi connectivity index (χ3n) is 4.16. The number of aromatic hydroxyl groups is 1. The molecular weight excluding hydrogens is 332 g/mol. The average Bonchev–Trinajstić information content (AvgIpc) is 2.94. The van der Waals surface area contributed by atoms with Crippen LogP contribution in [0.5, 0.6) is 5.75 Å². The van der Waals surface area contributed by atoms with E-state index in [4.69, 9.17) is 0 Å². The molecule has 0 unspecified atom stereocenters. The van der Waals surface area contributed by atoms with Crippen molar-refractivity contribution in [3.63, 3.8) is 0 Å². The molecule has 0 aliphatic rings. The highest BCUT2D eigenvalue weighted by Gasteiger charge is 2.16. The second-order valence-electron chi connectivity index (χ2n) is 5.94. The molecule has 0 aliphatic heterocycles. The van der Waals surface area contributed by atoms with Crippen molar-refractivity contribution in [1.29, 1.82) is 0 Å². The lowest BCUT2D eigenvalue weighted by Gasteiger charge is -2.03. The molecule has 0 fully saturated rings. The summed E-state index contributed by atoms with van der Waals surface area (Å²) >= 11 is 1.54. The Morgan fingerprint density at radius 3 is 2.52 bits per heavy atom. The van der Waals surface area contributed by atoms with E-state index in [1.165, 1.54) is 0 Å². The molecule has 5 heteroatoms. The van der Waals surface area contributed by atoms with Crippen LogP contribution >= 0.6 is 11.3 Å². The molecule has 25 heavy (non-hydrogen) atoms. The summed E-state index contributed by atoms with van der Waals surface area (Å²) in [5, 5.41) is 10.0. The number of rotatable bonds is 3.